The topological polar surface area (TPSA) is 91.8 Å². The Hall–Kier alpha value is -3.13. The van der Waals surface area contributed by atoms with Crippen molar-refractivity contribution in [1.29, 1.82) is 0 Å². The molecule has 29 heavy (non-hydrogen) atoms. The van der Waals surface area contributed by atoms with Gasteiger partial charge in [-0.05, 0) is 26.0 Å². The number of fused-ring (bicyclic) bond motifs is 1. The molecule has 2 aromatic heterocycles. The predicted molar refractivity (Wildman–Crippen MR) is 101 cm³/mol. The van der Waals surface area contributed by atoms with Gasteiger partial charge in [0.15, 0.2) is 0 Å². The van der Waals surface area contributed by atoms with Crippen LogP contribution in [-0.4, -0.2) is 52.0 Å². The molecular weight excluding hydrogens is 391 g/mol. The van der Waals surface area contributed by atoms with Crippen molar-refractivity contribution >= 4 is 28.5 Å². The molecule has 8 nitrogen and oxygen atoms in total. The van der Waals surface area contributed by atoms with Crippen molar-refractivity contribution < 1.29 is 23.1 Å². The highest BCUT2D eigenvalue weighted by Gasteiger charge is 2.38. The van der Waals surface area contributed by atoms with Crippen molar-refractivity contribution in [1.82, 2.24) is 14.9 Å². The first-order valence-corrected chi connectivity index (χ1v) is 8.64. The number of nitrogens with zero attached hydrogens (tertiary/aromatic N) is 4. The number of carbonyl (C=O) groups is 1. The van der Waals surface area contributed by atoms with E-state index in [1.165, 1.54) is 0 Å². The smallest absolute Gasteiger partial charge is 0.475 e. The van der Waals surface area contributed by atoms with Gasteiger partial charge in [-0.1, -0.05) is 6.57 Å². The number of carboxylic acids is 1. The Bertz CT molecular complexity index is 1010. The highest BCUT2D eigenvalue weighted by Crippen LogP contribution is 2.28. The molecule has 1 fully saturated rings. The summed E-state index contributed by atoms with van der Waals surface area (Å²) in [5.74, 6) is -2.41. The van der Waals surface area contributed by atoms with Gasteiger partial charge in [0.1, 0.15) is 0 Å². The van der Waals surface area contributed by atoms with Crippen molar-refractivity contribution in [3.8, 4) is 0 Å². The van der Waals surface area contributed by atoms with Crippen molar-refractivity contribution in [2.45, 2.75) is 32.1 Å². The summed E-state index contributed by atoms with van der Waals surface area (Å²) < 4.78 is 33.3. The van der Waals surface area contributed by atoms with Crippen LogP contribution in [0, 0.1) is 6.57 Å². The minimum absolute atomic E-state index is 0.0572. The van der Waals surface area contributed by atoms with Crippen molar-refractivity contribution in [2.24, 2.45) is 7.05 Å². The molecule has 1 saturated heterocycles. The highest BCUT2D eigenvalue weighted by atomic mass is 19.4. The molecule has 1 aliphatic heterocycles. The first-order chi connectivity index (χ1) is 13.5. The fourth-order valence-electron chi connectivity index (χ4n) is 2.94. The zero-order chi connectivity index (χ0) is 21.9. The molecule has 1 aliphatic rings. The number of alkyl halides is 3. The third-order valence-electron chi connectivity index (χ3n) is 4.48. The van der Waals surface area contributed by atoms with Crippen LogP contribution >= 0.6 is 0 Å². The van der Waals surface area contributed by atoms with Gasteiger partial charge in [-0.3, -0.25) is 4.79 Å². The monoisotopic (exact) mass is 411 g/mol. The van der Waals surface area contributed by atoms with Crippen molar-refractivity contribution in [3.63, 3.8) is 0 Å². The van der Waals surface area contributed by atoms with E-state index in [4.69, 9.17) is 16.5 Å². The van der Waals surface area contributed by atoms with Crippen LogP contribution in [0.2, 0.25) is 0 Å². The summed E-state index contributed by atoms with van der Waals surface area (Å²) in [5, 5.41) is 10.6. The molecule has 2 atom stereocenters. The Balaban J connectivity index is 0.000000370. The summed E-state index contributed by atoms with van der Waals surface area (Å²) in [4.78, 5) is 31.2. The number of hydrogen-bond acceptors (Lipinski definition) is 5. The average Bonchev–Trinajstić information content (AvgIpc) is 2.66. The zero-order valence-electron chi connectivity index (χ0n) is 16.0. The second-order valence-electron chi connectivity index (χ2n) is 6.69. The molecule has 0 saturated carbocycles. The van der Waals surface area contributed by atoms with Crippen LogP contribution in [0.15, 0.2) is 23.0 Å². The Morgan fingerprint density at radius 1 is 1.38 bits per heavy atom. The van der Waals surface area contributed by atoms with Gasteiger partial charge in [0, 0.05) is 38.3 Å². The fraction of sp³-hybridized carbons (Fsp3) is 0.444. The molecule has 0 bridgehead atoms. The average molecular weight is 411 g/mol. The minimum Gasteiger partial charge on any atom is -0.475 e. The number of nitrogens with one attached hydrogen (secondary N) is 1. The third-order valence-corrected chi connectivity index (χ3v) is 4.48. The number of anilines is 1. The molecule has 0 radical (unpaired) electrons. The quantitative estimate of drug-likeness (QED) is 0.700. The van der Waals surface area contributed by atoms with Gasteiger partial charge in [0.05, 0.1) is 11.2 Å². The van der Waals surface area contributed by atoms with Gasteiger partial charge >= 0.3 is 12.1 Å². The molecule has 0 aliphatic carbocycles. The van der Waals surface area contributed by atoms with E-state index < -0.39 is 12.1 Å². The van der Waals surface area contributed by atoms with Gasteiger partial charge in [0.25, 0.3) is 11.4 Å². The summed E-state index contributed by atoms with van der Waals surface area (Å²) in [6.45, 7) is 13.1. The van der Waals surface area contributed by atoms with Crippen LogP contribution in [0.4, 0.5) is 24.7 Å². The lowest BCUT2D eigenvalue weighted by Crippen LogP contribution is -2.54. The second-order valence-corrected chi connectivity index (χ2v) is 6.69. The Labute approximate surface area is 164 Å². The van der Waals surface area contributed by atoms with Crippen LogP contribution in [-0.2, 0) is 11.8 Å². The van der Waals surface area contributed by atoms with E-state index in [9.17, 15) is 18.0 Å². The summed E-state index contributed by atoms with van der Waals surface area (Å²) in [5.41, 5.74) is 2.24. The number of pyridine rings is 2. The van der Waals surface area contributed by atoms with Crippen LogP contribution in [0.1, 0.15) is 13.8 Å². The standard InChI is InChI=1S/C16H19N5O.C2HF3O2/c1-10-9-21(11(2)8-18-10)13-7-15(22)20(4)12-5-6-14(17-3)19-16(12)13;3-2(4,5)1(6)7/h5-7,10-11,18H,8-9H2,1-2,4H3;(H,6,7)/t10-,11+;/m1./s1. The van der Waals surface area contributed by atoms with E-state index >= 15 is 0 Å². The summed E-state index contributed by atoms with van der Waals surface area (Å²) in [6.07, 6.45) is -5.08. The first kappa shape index (κ1) is 22.2. The van der Waals surface area contributed by atoms with Crippen LogP contribution in [0.3, 0.4) is 0 Å². The van der Waals surface area contributed by atoms with E-state index in [1.807, 2.05) is 0 Å². The Morgan fingerprint density at radius 3 is 2.55 bits per heavy atom. The molecule has 2 aromatic rings. The summed E-state index contributed by atoms with van der Waals surface area (Å²) in [6, 6.07) is 5.71. The number of aliphatic carboxylic acids is 1. The summed E-state index contributed by atoms with van der Waals surface area (Å²) in [7, 11) is 1.73. The molecule has 0 aromatic carbocycles. The van der Waals surface area contributed by atoms with Crippen molar-refractivity contribution in [3.05, 3.63) is 40.0 Å². The van der Waals surface area contributed by atoms with Gasteiger partial charge in [-0.25, -0.2) is 4.79 Å². The fourth-order valence-corrected chi connectivity index (χ4v) is 2.94. The van der Waals surface area contributed by atoms with Gasteiger partial charge in [-0.15, -0.1) is 4.98 Å². The van der Waals surface area contributed by atoms with E-state index in [1.54, 1.807) is 29.8 Å². The number of hydrogen-bond donors (Lipinski definition) is 2. The van der Waals surface area contributed by atoms with Gasteiger partial charge in [0.2, 0.25) is 5.52 Å². The molecule has 2 N–H and O–H groups in total. The number of rotatable bonds is 1. The SMILES string of the molecule is O=C(O)C(F)(F)F.[C-]#[N+]c1ccc2c(n1)c(N1C[C@@H](C)NC[C@@H]1C)cc(=O)n2C. The highest BCUT2D eigenvalue weighted by molar-refractivity contribution is 5.89. The lowest BCUT2D eigenvalue weighted by atomic mass is 10.1. The van der Waals surface area contributed by atoms with Gasteiger partial charge < -0.3 is 24.7 Å². The molecule has 3 heterocycles. The first-order valence-electron chi connectivity index (χ1n) is 8.64. The maximum absolute atomic E-state index is 12.3. The van der Waals surface area contributed by atoms with Crippen LogP contribution in [0.5, 0.6) is 0 Å². The largest absolute Gasteiger partial charge is 0.490 e. The number of aryl methyl sites for hydroxylation is 1. The number of halogens is 3. The third kappa shape index (κ3) is 5.03. The maximum atomic E-state index is 12.3. The van der Waals surface area contributed by atoms with Crippen molar-refractivity contribution in [2.75, 3.05) is 18.0 Å². The second kappa shape index (κ2) is 8.48. The molecule has 3 rings (SSSR count). The minimum atomic E-state index is -5.08. The van der Waals surface area contributed by atoms with E-state index in [0.29, 0.717) is 11.9 Å². The van der Waals surface area contributed by atoms with Gasteiger partial charge in [-0.2, -0.15) is 13.2 Å². The Kier molecular flexibility index (Phi) is 6.48. The molecule has 156 valence electrons. The molecule has 0 unspecified atom stereocenters. The summed E-state index contributed by atoms with van der Waals surface area (Å²) >= 11 is 0. The predicted octanol–water partition coefficient (Wildman–Crippen LogP) is 2.30. The normalized spacial score (nSPS) is 19.3. The number of piperazine rings is 1. The molecule has 0 spiro atoms. The van der Waals surface area contributed by atoms with Crippen LogP contribution in [0.25, 0.3) is 15.9 Å². The zero-order valence-corrected chi connectivity index (χ0v) is 16.0. The van der Waals surface area contributed by atoms with E-state index in [-0.39, 0.29) is 11.6 Å². The number of aromatic nitrogens is 2. The molecular formula is C18H20F3N5O3. The lowest BCUT2D eigenvalue weighted by Gasteiger charge is -2.39. The molecule has 0 amide bonds. The maximum Gasteiger partial charge on any atom is 0.490 e. The Morgan fingerprint density at radius 2 is 2.00 bits per heavy atom. The number of carboxylic acid groups (broad SMARTS) is 1. The lowest BCUT2D eigenvalue weighted by molar-refractivity contribution is -0.192. The van der Waals surface area contributed by atoms with Crippen LogP contribution < -0.4 is 15.8 Å². The van der Waals surface area contributed by atoms with E-state index in [2.05, 4.69) is 33.9 Å². The molecule has 11 heteroatoms. The van der Waals surface area contributed by atoms with E-state index in [0.717, 1.165) is 29.8 Å².